The van der Waals surface area contributed by atoms with Crippen LogP contribution in [0.5, 0.6) is 5.75 Å². The van der Waals surface area contributed by atoms with Crippen LogP contribution in [0.15, 0.2) is 24.3 Å². The van der Waals surface area contributed by atoms with Gasteiger partial charge in [0.1, 0.15) is 17.8 Å². The zero-order valence-electron chi connectivity index (χ0n) is 18.7. The van der Waals surface area contributed by atoms with Gasteiger partial charge in [0, 0.05) is 13.0 Å². The lowest BCUT2D eigenvalue weighted by molar-refractivity contribution is -0.131. The van der Waals surface area contributed by atoms with Crippen LogP contribution in [-0.4, -0.2) is 60.0 Å². The summed E-state index contributed by atoms with van der Waals surface area (Å²) in [4.78, 5) is 37.4. The standard InChI is InChI=1S/C21H36N8O4/c22-10-2-1-5-16(18(24)31)28-20(33)17(12-13-6-8-14(30)9-7-13)29-19(32)15(23)4-3-11-27-21(25)26/h6-9,15-17,30H,1-5,10-12,22-23H2,(H2,24,31)(H,28,33)(H,29,32)(H4,25,26,27)/t15-,16+,17+/m1/s1. The first-order chi connectivity index (χ1) is 15.6. The smallest absolute Gasteiger partial charge is 0.243 e. The van der Waals surface area contributed by atoms with Crippen molar-refractivity contribution in [2.24, 2.45) is 22.9 Å². The second kappa shape index (κ2) is 14.6. The van der Waals surface area contributed by atoms with Crippen LogP contribution in [0.3, 0.4) is 0 Å². The van der Waals surface area contributed by atoms with Crippen molar-refractivity contribution >= 4 is 23.7 Å². The van der Waals surface area contributed by atoms with Crippen LogP contribution in [0, 0.1) is 5.41 Å². The van der Waals surface area contributed by atoms with Crippen molar-refractivity contribution in [3.63, 3.8) is 0 Å². The van der Waals surface area contributed by atoms with Crippen molar-refractivity contribution in [1.82, 2.24) is 16.0 Å². The summed E-state index contributed by atoms with van der Waals surface area (Å²) in [6.45, 7) is 0.843. The Hall–Kier alpha value is -3.38. The molecule has 1 rings (SSSR count). The minimum atomic E-state index is -1.01. The Morgan fingerprint density at radius 2 is 1.58 bits per heavy atom. The molecule has 3 atom stereocenters. The summed E-state index contributed by atoms with van der Waals surface area (Å²) in [5, 5.41) is 24.5. The Balaban J connectivity index is 2.85. The zero-order valence-corrected chi connectivity index (χ0v) is 18.7. The number of carbonyl (C=O) groups excluding carboxylic acids is 3. The first-order valence-corrected chi connectivity index (χ1v) is 10.9. The van der Waals surface area contributed by atoms with Gasteiger partial charge in [-0.3, -0.25) is 19.8 Å². The summed E-state index contributed by atoms with van der Waals surface area (Å²) in [5.41, 5.74) is 22.8. The number of unbranched alkanes of at least 4 members (excludes halogenated alkanes) is 1. The van der Waals surface area contributed by atoms with Gasteiger partial charge in [-0.1, -0.05) is 12.1 Å². The normalized spacial score (nSPS) is 13.4. The SMILES string of the molecule is N=C(N)NCCC[C@@H](N)C(=O)N[C@@H](Cc1ccc(O)cc1)C(=O)N[C@@H](CCCCN)C(N)=O. The van der Waals surface area contributed by atoms with E-state index in [9.17, 15) is 19.5 Å². The lowest BCUT2D eigenvalue weighted by Crippen LogP contribution is -2.56. The van der Waals surface area contributed by atoms with E-state index in [0.29, 0.717) is 50.8 Å². The van der Waals surface area contributed by atoms with E-state index in [-0.39, 0.29) is 18.1 Å². The molecule has 0 aromatic heterocycles. The Morgan fingerprint density at radius 3 is 2.15 bits per heavy atom. The van der Waals surface area contributed by atoms with Gasteiger partial charge < -0.3 is 44.0 Å². The van der Waals surface area contributed by atoms with E-state index < -0.39 is 35.8 Å². The molecule has 13 N–H and O–H groups in total. The molecule has 0 spiro atoms. The number of nitrogens with two attached hydrogens (primary N) is 4. The molecule has 0 aliphatic rings. The summed E-state index contributed by atoms with van der Waals surface area (Å²) >= 11 is 0. The lowest BCUT2D eigenvalue weighted by Gasteiger charge is -2.23. The van der Waals surface area contributed by atoms with Gasteiger partial charge in [-0.05, 0) is 56.3 Å². The molecule has 0 saturated carbocycles. The summed E-state index contributed by atoms with van der Waals surface area (Å²) < 4.78 is 0. The Morgan fingerprint density at radius 1 is 0.939 bits per heavy atom. The number of phenols is 1. The molecule has 0 saturated heterocycles. The molecule has 0 radical (unpaired) electrons. The number of rotatable bonds is 15. The number of phenolic OH excluding ortho intramolecular Hbond substituents is 1. The molecule has 1 aromatic carbocycles. The number of nitrogens with one attached hydrogen (secondary N) is 4. The lowest BCUT2D eigenvalue weighted by atomic mass is 10.0. The van der Waals surface area contributed by atoms with Crippen LogP contribution in [0.25, 0.3) is 0 Å². The molecule has 12 nitrogen and oxygen atoms in total. The maximum absolute atomic E-state index is 13.0. The second-order valence-electron chi connectivity index (χ2n) is 7.77. The first-order valence-electron chi connectivity index (χ1n) is 10.9. The topological polar surface area (TPSA) is 235 Å². The number of carbonyl (C=O) groups is 3. The van der Waals surface area contributed by atoms with Gasteiger partial charge in [-0.25, -0.2) is 0 Å². The van der Waals surface area contributed by atoms with E-state index in [2.05, 4.69) is 16.0 Å². The molecule has 0 unspecified atom stereocenters. The maximum atomic E-state index is 13.0. The fourth-order valence-corrected chi connectivity index (χ4v) is 3.08. The van der Waals surface area contributed by atoms with E-state index in [4.69, 9.17) is 28.3 Å². The minimum absolute atomic E-state index is 0.0682. The number of hydrogen-bond donors (Lipinski definition) is 9. The van der Waals surface area contributed by atoms with Crippen LogP contribution < -0.4 is 38.9 Å². The van der Waals surface area contributed by atoms with Crippen LogP contribution in [0.4, 0.5) is 0 Å². The quantitative estimate of drug-likeness (QED) is 0.0806. The molecule has 0 bridgehead atoms. The fourth-order valence-electron chi connectivity index (χ4n) is 3.08. The molecule has 33 heavy (non-hydrogen) atoms. The summed E-state index contributed by atoms with van der Waals surface area (Å²) in [7, 11) is 0. The van der Waals surface area contributed by atoms with Crippen LogP contribution in [0.2, 0.25) is 0 Å². The van der Waals surface area contributed by atoms with Crippen molar-refractivity contribution in [1.29, 1.82) is 5.41 Å². The van der Waals surface area contributed by atoms with Crippen molar-refractivity contribution in [3.8, 4) is 5.75 Å². The van der Waals surface area contributed by atoms with Gasteiger partial charge in [0.15, 0.2) is 5.96 Å². The number of guanidine groups is 1. The predicted octanol–water partition coefficient (Wildman–Crippen LogP) is -1.89. The van der Waals surface area contributed by atoms with E-state index >= 15 is 0 Å². The van der Waals surface area contributed by atoms with Gasteiger partial charge in [0.25, 0.3) is 0 Å². The Kier molecular flexibility index (Phi) is 12.3. The molecular weight excluding hydrogens is 428 g/mol. The van der Waals surface area contributed by atoms with E-state index in [1.807, 2.05) is 0 Å². The third-order valence-corrected chi connectivity index (χ3v) is 4.96. The van der Waals surface area contributed by atoms with Crippen molar-refractivity contribution in [2.45, 2.75) is 56.7 Å². The molecule has 184 valence electrons. The number of benzene rings is 1. The largest absolute Gasteiger partial charge is 0.508 e. The number of amides is 3. The summed E-state index contributed by atoms with van der Waals surface area (Å²) in [6.07, 6.45) is 2.54. The second-order valence-corrected chi connectivity index (χ2v) is 7.77. The van der Waals surface area contributed by atoms with Crippen LogP contribution in [0.1, 0.15) is 37.7 Å². The third kappa shape index (κ3) is 11.2. The first kappa shape index (κ1) is 27.7. The highest BCUT2D eigenvalue weighted by molar-refractivity contribution is 5.92. The third-order valence-electron chi connectivity index (χ3n) is 4.96. The Labute approximate surface area is 193 Å². The summed E-state index contributed by atoms with van der Waals surface area (Å²) in [6, 6.07) is 3.40. The molecule has 0 aliphatic carbocycles. The molecule has 12 heteroatoms. The highest BCUT2D eigenvalue weighted by atomic mass is 16.3. The molecule has 0 heterocycles. The summed E-state index contributed by atoms with van der Waals surface area (Å²) in [5.74, 6) is -1.88. The fraction of sp³-hybridized carbons (Fsp3) is 0.524. The average Bonchev–Trinajstić information content (AvgIpc) is 2.76. The number of hydrogen-bond acceptors (Lipinski definition) is 7. The molecule has 1 aromatic rings. The van der Waals surface area contributed by atoms with Crippen molar-refractivity contribution in [2.75, 3.05) is 13.1 Å². The molecule has 0 fully saturated rings. The molecular formula is C21H36N8O4. The average molecular weight is 465 g/mol. The minimum Gasteiger partial charge on any atom is -0.508 e. The number of aromatic hydroxyl groups is 1. The van der Waals surface area contributed by atoms with Gasteiger partial charge in [0.2, 0.25) is 17.7 Å². The van der Waals surface area contributed by atoms with Crippen LogP contribution in [-0.2, 0) is 20.8 Å². The Bertz CT molecular complexity index is 787. The molecule has 3 amide bonds. The predicted molar refractivity (Wildman–Crippen MR) is 125 cm³/mol. The van der Waals surface area contributed by atoms with Crippen molar-refractivity contribution in [3.05, 3.63) is 29.8 Å². The zero-order chi connectivity index (χ0) is 24.8. The van der Waals surface area contributed by atoms with Crippen molar-refractivity contribution < 1.29 is 19.5 Å². The van der Waals surface area contributed by atoms with Gasteiger partial charge >= 0.3 is 0 Å². The monoisotopic (exact) mass is 464 g/mol. The van der Waals surface area contributed by atoms with Gasteiger partial charge in [-0.2, -0.15) is 0 Å². The molecule has 0 aliphatic heterocycles. The van der Waals surface area contributed by atoms with Gasteiger partial charge in [-0.15, -0.1) is 0 Å². The maximum Gasteiger partial charge on any atom is 0.243 e. The number of primary amides is 1. The van der Waals surface area contributed by atoms with E-state index in [1.165, 1.54) is 12.1 Å². The van der Waals surface area contributed by atoms with E-state index in [1.54, 1.807) is 12.1 Å². The van der Waals surface area contributed by atoms with Gasteiger partial charge in [0.05, 0.1) is 6.04 Å². The highest BCUT2D eigenvalue weighted by Gasteiger charge is 2.27. The van der Waals surface area contributed by atoms with E-state index in [0.717, 1.165) is 0 Å². The van der Waals surface area contributed by atoms with Crippen LogP contribution >= 0.6 is 0 Å². The highest BCUT2D eigenvalue weighted by Crippen LogP contribution is 2.12.